The molecule has 0 aliphatic rings. The minimum atomic E-state index is -0.0712. The highest BCUT2D eigenvalue weighted by Gasteiger charge is 2.18. The number of halogens is 1. The molecule has 0 radical (unpaired) electrons. The molecule has 1 heterocycles. The first-order valence-corrected chi connectivity index (χ1v) is 7.54. The largest absolute Gasteiger partial charge is 0.331 e. The van der Waals surface area contributed by atoms with Crippen molar-refractivity contribution in [3.63, 3.8) is 0 Å². The minimum Gasteiger partial charge on any atom is -0.331 e. The summed E-state index contributed by atoms with van der Waals surface area (Å²) < 4.78 is 0. The number of aromatic nitrogens is 1. The first-order chi connectivity index (χ1) is 10.6. The van der Waals surface area contributed by atoms with Gasteiger partial charge in [0.25, 0.3) is 5.91 Å². The normalized spacial score (nSPS) is 10.7. The number of hydrogen-bond donors (Lipinski definition) is 0. The summed E-state index contributed by atoms with van der Waals surface area (Å²) in [6, 6.07) is 12.8. The molecule has 0 atom stereocenters. The van der Waals surface area contributed by atoms with Crippen LogP contribution >= 0.6 is 11.6 Å². The highest BCUT2D eigenvalue weighted by molar-refractivity contribution is 6.33. The lowest BCUT2D eigenvalue weighted by molar-refractivity contribution is 0.0730. The lowest BCUT2D eigenvalue weighted by atomic mass is 10.2. The van der Waals surface area contributed by atoms with Gasteiger partial charge in [0.15, 0.2) is 0 Å². The maximum Gasteiger partial charge on any atom is 0.255 e. The average molecular weight is 318 g/mol. The fourth-order valence-electron chi connectivity index (χ4n) is 2.07. The average Bonchev–Trinajstić information content (AvgIpc) is 2.52. The Bertz CT molecular complexity index is 616. The topological polar surface area (TPSA) is 36.4 Å². The van der Waals surface area contributed by atoms with Crippen molar-refractivity contribution in [3.05, 3.63) is 64.9 Å². The monoisotopic (exact) mass is 317 g/mol. The van der Waals surface area contributed by atoms with Gasteiger partial charge in [0, 0.05) is 19.3 Å². The summed E-state index contributed by atoms with van der Waals surface area (Å²) in [7, 11) is 3.97. The second-order valence-electron chi connectivity index (χ2n) is 5.33. The van der Waals surface area contributed by atoms with Crippen LogP contribution < -0.4 is 0 Å². The third kappa shape index (κ3) is 4.55. The van der Waals surface area contributed by atoms with Crippen LogP contribution in [-0.4, -0.2) is 47.9 Å². The van der Waals surface area contributed by atoms with Gasteiger partial charge in [0.05, 0.1) is 22.8 Å². The highest BCUT2D eigenvalue weighted by atomic mass is 35.5. The lowest BCUT2D eigenvalue weighted by Gasteiger charge is -2.24. The van der Waals surface area contributed by atoms with Gasteiger partial charge in [-0.3, -0.25) is 9.78 Å². The summed E-state index contributed by atoms with van der Waals surface area (Å²) >= 11 is 6.16. The van der Waals surface area contributed by atoms with Gasteiger partial charge in [-0.05, 0) is 38.4 Å². The Kier molecular flexibility index (Phi) is 5.92. The van der Waals surface area contributed by atoms with Crippen LogP contribution in [0.3, 0.4) is 0 Å². The molecule has 4 nitrogen and oxygen atoms in total. The smallest absolute Gasteiger partial charge is 0.255 e. The highest BCUT2D eigenvalue weighted by Crippen LogP contribution is 2.18. The van der Waals surface area contributed by atoms with Gasteiger partial charge in [0.2, 0.25) is 0 Å². The Labute approximate surface area is 136 Å². The molecule has 0 saturated carbocycles. The summed E-state index contributed by atoms with van der Waals surface area (Å²) in [5, 5.41) is 0.475. The third-order valence-corrected chi connectivity index (χ3v) is 3.62. The summed E-state index contributed by atoms with van der Waals surface area (Å²) in [5.41, 5.74) is 1.39. The Balaban J connectivity index is 2.20. The van der Waals surface area contributed by atoms with Crippen LogP contribution in [-0.2, 0) is 6.54 Å². The van der Waals surface area contributed by atoms with Gasteiger partial charge >= 0.3 is 0 Å². The Morgan fingerprint density at radius 1 is 1.09 bits per heavy atom. The Hall–Kier alpha value is -1.91. The number of pyridine rings is 1. The van der Waals surface area contributed by atoms with Crippen LogP contribution in [0.25, 0.3) is 0 Å². The second-order valence-corrected chi connectivity index (χ2v) is 5.74. The third-order valence-electron chi connectivity index (χ3n) is 3.29. The van der Waals surface area contributed by atoms with E-state index in [0.29, 0.717) is 23.7 Å². The van der Waals surface area contributed by atoms with Crippen LogP contribution in [0.4, 0.5) is 0 Å². The van der Waals surface area contributed by atoms with E-state index in [1.54, 1.807) is 23.2 Å². The first kappa shape index (κ1) is 16.5. The number of nitrogens with zero attached hydrogens (tertiary/aromatic N) is 3. The van der Waals surface area contributed by atoms with Crippen molar-refractivity contribution in [2.75, 3.05) is 27.2 Å². The van der Waals surface area contributed by atoms with Gasteiger partial charge in [0.1, 0.15) is 0 Å². The van der Waals surface area contributed by atoms with Crippen molar-refractivity contribution in [1.82, 2.24) is 14.8 Å². The molecule has 0 aliphatic carbocycles. The van der Waals surface area contributed by atoms with Crippen molar-refractivity contribution < 1.29 is 4.79 Å². The maximum atomic E-state index is 12.8. The van der Waals surface area contributed by atoms with Crippen LogP contribution in [0.15, 0.2) is 48.7 Å². The van der Waals surface area contributed by atoms with Gasteiger partial charge in [-0.2, -0.15) is 0 Å². The van der Waals surface area contributed by atoms with Gasteiger partial charge < -0.3 is 9.80 Å². The number of hydrogen-bond acceptors (Lipinski definition) is 3. The molecule has 1 aromatic carbocycles. The fourth-order valence-corrected chi connectivity index (χ4v) is 2.28. The van der Waals surface area contributed by atoms with E-state index in [1.165, 1.54) is 0 Å². The van der Waals surface area contributed by atoms with Crippen molar-refractivity contribution in [2.45, 2.75) is 6.54 Å². The van der Waals surface area contributed by atoms with Gasteiger partial charge in [-0.1, -0.05) is 29.8 Å². The molecule has 5 heteroatoms. The molecule has 2 rings (SSSR count). The molecule has 1 aromatic heterocycles. The van der Waals surface area contributed by atoms with Crippen LogP contribution in [0.2, 0.25) is 5.02 Å². The first-order valence-electron chi connectivity index (χ1n) is 7.16. The Morgan fingerprint density at radius 2 is 1.82 bits per heavy atom. The zero-order valence-corrected chi connectivity index (χ0v) is 13.6. The van der Waals surface area contributed by atoms with Crippen molar-refractivity contribution >= 4 is 17.5 Å². The standard InChI is InChI=1S/C17H20ClN3O/c1-20(2)11-12-21(13-14-7-5-6-10-19-14)17(22)15-8-3-4-9-16(15)18/h3-10H,11-13H2,1-2H3. The number of rotatable bonds is 6. The summed E-state index contributed by atoms with van der Waals surface area (Å²) in [6.07, 6.45) is 1.74. The molecule has 0 fully saturated rings. The molecule has 1 amide bonds. The predicted molar refractivity (Wildman–Crippen MR) is 89.0 cm³/mol. The minimum absolute atomic E-state index is 0.0712. The van der Waals surface area contributed by atoms with E-state index in [9.17, 15) is 4.79 Å². The molecular weight excluding hydrogens is 298 g/mol. The molecule has 0 unspecified atom stereocenters. The van der Waals surface area contributed by atoms with Crippen molar-refractivity contribution in [2.24, 2.45) is 0 Å². The zero-order valence-electron chi connectivity index (χ0n) is 12.9. The van der Waals surface area contributed by atoms with Crippen molar-refractivity contribution in [3.8, 4) is 0 Å². The summed E-state index contributed by atoms with van der Waals surface area (Å²) in [5.74, 6) is -0.0712. The number of carbonyl (C=O) groups is 1. The zero-order chi connectivity index (χ0) is 15.9. The van der Waals surface area contributed by atoms with Gasteiger partial charge in [-0.25, -0.2) is 0 Å². The second kappa shape index (κ2) is 7.92. The van der Waals surface area contributed by atoms with Gasteiger partial charge in [-0.15, -0.1) is 0 Å². The maximum absolute atomic E-state index is 12.8. The fraction of sp³-hybridized carbons (Fsp3) is 0.294. The molecule has 0 spiro atoms. The number of carbonyl (C=O) groups excluding carboxylic acids is 1. The summed E-state index contributed by atoms with van der Waals surface area (Å²) in [6.45, 7) is 1.87. The van der Waals surface area contributed by atoms with E-state index in [0.717, 1.165) is 12.2 Å². The number of likely N-dealkylation sites (N-methyl/N-ethyl adjacent to an activating group) is 1. The van der Waals surface area contributed by atoms with E-state index in [-0.39, 0.29) is 5.91 Å². The quantitative estimate of drug-likeness (QED) is 0.822. The molecule has 2 aromatic rings. The summed E-state index contributed by atoms with van der Waals surface area (Å²) in [4.78, 5) is 20.9. The predicted octanol–water partition coefficient (Wildman–Crippen LogP) is 2.94. The van der Waals surface area contributed by atoms with E-state index < -0.39 is 0 Å². The molecular formula is C17H20ClN3O. The lowest BCUT2D eigenvalue weighted by Crippen LogP contribution is -2.36. The van der Waals surface area contributed by atoms with Crippen LogP contribution in [0, 0.1) is 0 Å². The number of benzene rings is 1. The van der Waals surface area contributed by atoms with E-state index >= 15 is 0 Å². The molecule has 0 saturated heterocycles. The molecule has 0 bridgehead atoms. The molecule has 22 heavy (non-hydrogen) atoms. The number of amides is 1. The SMILES string of the molecule is CN(C)CCN(Cc1ccccn1)C(=O)c1ccccc1Cl. The van der Waals surface area contributed by atoms with E-state index in [2.05, 4.69) is 4.98 Å². The Morgan fingerprint density at radius 3 is 2.45 bits per heavy atom. The molecule has 116 valence electrons. The van der Waals surface area contributed by atoms with E-state index in [4.69, 9.17) is 11.6 Å². The van der Waals surface area contributed by atoms with Crippen LogP contribution in [0.5, 0.6) is 0 Å². The van der Waals surface area contributed by atoms with Crippen LogP contribution in [0.1, 0.15) is 16.1 Å². The molecule has 0 N–H and O–H groups in total. The van der Waals surface area contributed by atoms with Crippen molar-refractivity contribution in [1.29, 1.82) is 0 Å². The molecule has 0 aliphatic heterocycles. The van der Waals surface area contributed by atoms with E-state index in [1.807, 2.05) is 49.3 Å².